The van der Waals surface area contributed by atoms with Crippen molar-refractivity contribution in [1.82, 2.24) is 10.3 Å². The lowest BCUT2D eigenvalue weighted by molar-refractivity contribution is -0.124. The Kier molecular flexibility index (Phi) is 5.38. The molecule has 1 aliphatic heterocycles. The number of hydrogen-bond acceptors (Lipinski definition) is 7. The predicted octanol–water partition coefficient (Wildman–Crippen LogP) is 1.58. The molecule has 26 heavy (non-hydrogen) atoms. The van der Waals surface area contributed by atoms with E-state index >= 15 is 0 Å². The number of aryl methyl sites for hydroxylation is 1. The summed E-state index contributed by atoms with van der Waals surface area (Å²) in [5.74, 6) is -1.12. The molecule has 1 saturated heterocycles. The van der Waals surface area contributed by atoms with Gasteiger partial charge in [-0.05, 0) is 13.3 Å². The van der Waals surface area contributed by atoms with Gasteiger partial charge in [-0.2, -0.15) is 0 Å². The van der Waals surface area contributed by atoms with Crippen LogP contribution in [-0.2, 0) is 19.4 Å². The number of thiazole rings is 1. The molecule has 138 valence electrons. The summed E-state index contributed by atoms with van der Waals surface area (Å²) >= 11 is 1.21. The second kappa shape index (κ2) is 7.55. The Balaban J connectivity index is 1.57. The topological polar surface area (TPSA) is 102 Å². The van der Waals surface area contributed by atoms with Gasteiger partial charge in [-0.25, -0.2) is 18.2 Å². The van der Waals surface area contributed by atoms with Crippen molar-refractivity contribution in [3.63, 3.8) is 0 Å². The molecule has 1 atom stereocenters. The number of ether oxygens (including phenoxy) is 1. The first-order valence-corrected chi connectivity index (χ1v) is 10.7. The van der Waals surface area contributed by atoms with Crippen LogP contribution in [0.1, 0.15) is 21.8 Å². The van der Waals surface area contributed by atoms with E-state index in [0.29, 0.717) is 22.0 Å². The highest BCUT2D eigenvalue weighted by Gasteiger charge is 2.29. The highest BCUT2D eigenvalue weighted by atomic mass is 32.2. The monoisotopic (exact) mass is 394 g/mol. The Labute approximate surface area is 155 Å². The van der Waals surface area contributed by atoms with Crippen molar-refractivity contribution in [3.8, 4) is 10.6 Å². The maximum Gasteiger partial charge on any atom is 0.350 e. The standard InChI is InChI=1S/C17H18N2O5S2/c1-11-15(25-16(18-11)12-5-3-2-4-6-12)17(21)24-9-14(20)19-13-7-8-26(22,23)10-13/h2-6,13H,7-10H2,1H3,(H,19,20). The van der Waals surface area contributed by atoms with Gasteiger partial charge in [0.05, 0.1) is 17.2 Å². The van der Waals surface area contributed by atoms with Crippen LogP contribution in [0.25, 0.3) is 10.6 Å². The Bertz CT molecular complexity index is 922. The molecule has 2 heterocycles. The average Bonchev–Trinajstić information content (AvgIpc) is 3.15. The summed E-state index contributed by atoms with van der Waals surface area (Å²) in [4.78, 5) is 28.8. The smallest absolute Gasteiger partial charge is 0.350 e. The summed E-state index contributed by atoms with van der Waals surface area (Å²) in [5.41, 5.74) is 1.45. The lowest BCUT2D eigenvalue weighted by atomic mass is 10.2. The van der Waals surface area contributed by atoms with Crippen LogP contribution >= 0.6 is 11.3 Å². The maximum absolute atomic E-state index is 12.2. The van der Waals surface area contributed by atoms with Crippen molar-refractivity contribution < 1.29 is 22.7 Å². The summed E-state index contributed by atoms with van der Waals surface area (Å²) in [5, 5.41) is 3.28. The summed E-state index contributed by atoms with van der Waals surface area (Å²) in [6, 6.07) is 9.05. The number of nitrogens with one attached hydrogen (secondary N) is 1. The van der Waals surface area contributed by atoms with Crippen LogP contribution in [0.5, 0.6) is 0 Å². The Morgan fingerprint density at radius 3 is 2.69 bits per heavy atom. The molecule has 0 radical (unpaired) electrons. The van der Waals surface area contributed by atoms with Gasteiger partial charge in [0, 0.05) is 11.6 Å². The molecule has 9 heteroatoms. The number of nitrogens with zero attached hydrogens (tertiary/aromatic N) is 1. The first-order valence-electron chi connectivity index (χ1n) is 8.04. The summed E-state index contributed by atoms with van der Waals surface area (Å²) in [6.07, 6.45) is 0.385. The number of carbonyl (C=O) groups is 2. The lowest BCUT2D eigenvalue weighted by Crippen LogP contribution is -2.38. The number of carbonyl (C=O) groups excluding carboxylic acids is 2. The zero-order valence-electron chi connectivity index (χ0n) is 14.1. The second-order valence-corrected chi connectivity index (χ2v) is 9.27. The number of hydrogen-bond donors (Lipinski definition) is 1. The Hall–Kier alpha value is -2.26. The minimum atomic E-state index is -3.07. The highest BCUT2D eigenvalue weighted by Crippen LogP contribution is 2.28. The molecule has 2 aromatic rings. The van der Waals surface area contributed by atoms with Crippen molar-refractivity contribution in [3.05, 3.63) is 40.9 Å². The lowest BCUT2D eigenvalue weighted by Gasteiger charge is -2.10. The van der Waals surface area contributed by atoms with E-state index in [1.807, 2.05) is 30.3 Å². The fraction of sp³-hybridized carbons (Fsp3) is 0.353. The van der Waals surface area contributed by atoms with Gasteiger partial charge in [0.1, 0.15) is 9.88 Å². The van der Waals surface area contributed by atoms with Crippen LogP contribution in [0.2, 0.25) is 0 Å². The number of esters is 1. The Morgan fingerprint density at radius 2 is 2.04 bits per heavy atom. The summed E-state index contributed by atoms with van der Waals surface area (Å²) < 4.78 is 27.8. The first kappa shape index (κ1) is 18.5. The van der Waals surface area contributed by atoms with E-state index in [9.17, 15) is 18.0 Å². The normalized spacial score (nSPS) is 18.4. The van der Waals surface area contributed by atoms with Gasteiger partial charge in [0.15, 0.2) is 16.4 Å². The van der Waals surface area contributed by atoms with Crippen molar-refractivity contribution in [2.45, 2.75) is 19.4 Å². The highest BCUT2D eigenvalue weighted by molar-refractivity contribution is 7.91. The predicted molar refractivity (Wildman–Crippen MR) is 97.8 cm³/mol. The summed E-state index contributed by atoms with van der Waals surface area (Å²) in [7, 11) is -3.07. The first-order chi connectivity index (χ1) is 12.3. The number of sulfone groups is 1. The van der Waals surface area contributed by atoms with Crippen molar-refractivity contribution >= 4 is 33.1 Å². The number of rotatable bonds is 5. The molecule has 1 fully saturated rings. The van der Waals surface area contributed by atoms with Crippen LogP contribution in [0.4, 0.5) is 0 Å². The van der Waals surface area contributed by atoms with Crippen LogP contribution in [-0.4, -0.2) is 49.4 Å². The zero-order chi connectivity index (χ0) is 18.7. The number of benzene rings is 1. The summed E-state index contributed by atoms with van der Waals surface area (Å²) in [6.45, 7) is 1.26. The van der Waals surface area contributed by atoms with Crippen molar-refractivity contribution in [2.75, 3.05) is 18.1 Å². The van der Waals surface area contributed by atoms with Crippen LogP contribution in [0, 0.1) is 6.92 Å². The number of amides is 1. The molecule has 0 spiro atoms. The molecule has 1 amide bonds. The maximum atomic E-state index is 12.2. The molecule has 0 aliphatic carbocycles. The van der Waals surface area contributed by atoms with Gasteiger partial charge in [-0.15, -0.1) is 11.3 Å². The van der Waals surface area contributed by atoms with Gasteiger partial charge < -0.3 is 10.1 Å². The third-order valence-corrected chi connectivity index (χ3v) is 6.89. The molecule has 1 aliphatic rings. The van der Waals surface area contributed by atoms with E-state index in [4.69, 9.17) is 4.74 Å². The Morgan fingerprint density at radius 1 is 1.31 bits per heavy atom. The molecule has 1 aromatic heterocycles. The van der Waals surface area contributed by atoms with E-state index in [1.165, 1.54) is 11.3 Å². The van der Waals surface area contributed by atoms with Gasteiger partial charge in [-0.1, -0.05) is 30.3 Å². The minimum absolute atomic E-state index is 0.0684. The zero-order valence-corrected chi connectivity index (χ0v) is 15.7. The van der Waals surface area contributed by atoms with Crippen molar-refractivity contribution in [1.29, 1.82) is 0 Å². The quantitative estimate of drug-likeness (QED) is 0.773. The molecule has 1 N–H and O–H groups in total. The van der Waals surface area contributed by atoms with E-state index in [2.05, 4.69) is 10.3 Å². The van der Waals surface area contributed by atoms with Crippen LogP contribution in [0.3, 0.4) is 0 Å². The second-order valence-electron chi connectivity index (χ2n) is 6.04. The SMILES string of the molecule is Cc1nc(-c2ccccc2)sc1C(=O)OCC(=O)NC1CCS(=O)(=O)C1. The van der Waals surface area contributed by atoms with Crippen LogP contribution in [0.15, 0.2) is 30.3 Å². The minimum Gasteiger partial charge on any atom is -0.451 e. The van der Waals surface area contributed by atoms with E-state index in [1.54, 1.807) is 6.92 Å². The largest absolute Gasteiger partial charge is 0.451 e. The fourth-order valence-corrected chi connectivity index (χ4v) is 5.30. The molecule has 0 bridgehead atoms. The van der Waals surface area contributed by atoms with Crippen molar-refractivity contribution in [2.24, 2.45) is 0 Å². The molecule has 0 saturated carbocycles. The third kappa shape index (κ3) is 4.47. The third-order valence-electron chi connectivity index (χ3n) is 3.93. The molecular weight excluding hydrogens is 376 g/mol. The molecule has 1 aromatic carbocycles. The molecule has 3 rings (SSSR count). The fourth-order valence-electron chi connectivity index (χ4n) is 2.66. The molecule has 1 unspecified atom stereocenters. The van der Waals surface area contributed by atoms with Gasteiger partial charge in [0.2, 0.25) is 0 Å². The van der Waals surface area contributed by atoms with Crippen LogP contribution < -0.4 is 5.32 Å². The van der Waals surface area contributed by atoms with E-state index in [-0.39, 0.29) is 11.5 Å². The van der Waals surface area contributed by atoms with Gasteiger partial charge in [0.25, 0.3) is 5.91 Å². The van der Waals surface area contributed by atoms with E-state index < -0.39 is 34.4 Å². The van der Waals surface area contributed by atoms with Gasteiger partial charge in [-0.3, -0.25) is 4.79 Å². The number of aromatic nitrogens is 1. The molecule has 7 nitrogen and oxygen atoms in total. The molecular formula is C17H18N2O5S2. The average molecular weight is 394 g/mol. The van der Waals surface area contributed by atoms with Gasteiger partial charge >= 0.3 is 5.97 Å². The van der Waals surface area contributed by atoms with E-state index in [0.717, 1.165) is 5.56 Å².